The van der Waals surface area contributed by atoms with Crippen LogP contribution >= 0.6 is 0 Å². The number of nitrogens with zero attached hydrogens (tertiary/aromatic N) is 2. The Morgan fingerprint density at radius 1 is 0.339 bits per heavy atom. The molecule has 266 valence electrons. The molecule has 0 amide bonds. The molecule has 0 unspecified atom stereocenters. The zero-order valence-corrected chi connectivity index (χ0v) is 32.1. The van der Waals surface area contributed by atoms with Crippen molar-refractivity contribution >= 4 is 21.5 Å². The summed E-state index contributed by atoms with van der Waals surface area (Å²) in [5, 5.41) is 5.01. The Balaban J connectivity index is 1.17. The number of pyridine rings is 2. The van der Waals surface area contributed by atoms with E-state index in [4.69, 9.17) is 4.98 Å². The fourth-order valence-electron chi connectivity index (χ4n) is 9.93. The van der Waals surface area contributed by atoms with Crippen molar-refractivity contribution in [2.24, 2.45) is 0 Å². The molecule has 2 nitrogen and oxygen atoms in total. The van der Waals surface area contributed by atoms with Crippen molar-refractivity contribution in [3.63, 3.8) is 0 Å². The van der Waals surface area contributed by atoms with E-state index >= 15 is 0 Å². The van der Waals surface area contributed by atoms with Gasteiger partial charge in [0.2, 0.25) is 0 Å². The van der Waals surface area contributed by atoms with E-state index in [9.17, 15) is 0 Å². The van der Waals surface area contributed by atoms with Crippen LogP contribution < -0.4 is 0 Å². The first-order valence-corrected chi connectivity index (χ1v) is 19.6. The van der Waals surface area contributed by atoms with Crippen molar-refractivity contribution in [1.29, 1.82) is 0 Å². The standard InChI is InChI=1S/C54H40N2/c1-53(2)45-17-9-7-13-37(45)39-24-21-34(30-47(39)53)51-41-15-5-6-16-42(41)52(35-22-25-40-38-14-8-10-18-46(38)54(3,4)48(40)31-35)44-29-33(20-26-43(44)51)36-23-27-50(56-32-36)49-19-11-12-28-55-49/h5-32H,1-4H3. The van der Waals surface area contributed by atoms with Gasteiger partial charge >= 0.3 is 0 Å². The van der Waals surface area contributed by atoms with Crippen molar-refractivity contribution in [2.45, 2.75) is 38.5 Å². The van der Waals surface area contributed by atoms with Gasteiger partial charge in [0.05, 0.1) is 11.4 Å². The molecule has 0 spiro atoms. The zero-order valence-electron chi connectivity index (χ0n) is 32.1. The quantitative estimate of drug-likeness (QED) is 0.170. The van der Waals surface area contributed by atoms with Gasteiger partial charge in [0.1, 0.15) is 0 Å². The average molecular weight is 717 g/mol. The molecule has 0 saturated heterocycles. The second-order valence-corrected chi connectivity index (χ2v) is 16.6. The van der Waals surface area contributed by atoms with Gasteiger partial charge in [-0.25, -0.2) is 0 Å². The van der Waals surface area contributed by atoms with Crippen LogP contribution in [0.3, 0.4) is 0 Å². The minimum Gasteiger partial charge on any atom is -0.255 e. The Hall–Kier alpha value is -6.64. The number of hydrogen-bond acceptors (Lipinski definition) is 2. The number of fused-ring (bicyclic) bond motifs is 8. The molecule has 7 aromatic carbocycles. The van der Waals surface area contributed by atoms with Crippen molar-refractivity contribution in [3.05, 3.63) is 192 Å². The molecule has 0 bridgehead atoms. The summed E-state index contributed by atoms with van der Waals surface area (Å²) in [4.78, 5) is 9.41. The Morgan fingerprint density at radius 2 is 0.821 bits per heavy atom. The number of hydrogen-bond donors (Lipinski definition) is 0. The summed E-state index contributed by atoms with van der Waals surface area (Å²) in [6.45, 7) is 9.48. The molecular formula is C54H40N2. The largest absolute Gasteiger partial charge is 0.255 e. The summed E-state index contributed by atoms with van der Waals surface area (Å²) in [7, 11) is 0. The Bertz CT molecular complexity index is 3060. The molecule has 0 fully saturated rings. The third kappa shape index (κ3) is 4.69. The van der Waals surface area contributed by atoms with Gasteiger partial charge in [-0.15, -0.1) is 0 Å². The van der Waals surface area contributed by atoms with Crippen LogP contribution in [0.5, 0.6) is 0 Å². The van der Waals surface area contributed by atoms with Crippen molar-refractivity contribution in [1.82, 2.24) is 9.97 Å². The lowest BCUT2D eigenvalue weighted by Gasteiger charge is -2.24. The van der Waals surface area contributed by atoms with Gasteiger partial charge in [0.15, 0.2) is 0 Å². The molecule has 0 atom stereocenters. The Kier molecular flexibility index (Phi) is 6.98. The number of benzene rings is 7. The molecule has 0 saturated carbocycles. The van der Waals surface area contributed by atoms with Crippen molar-refractivity contribution in [2.75, 3.05) is 0 Å². The Labute approximate surface area is 328 Å². The molecule has 0 aliphatic heterocycles. The minimum atomic E-state index is -0.103. The Morgan fingerprint density at radius 3 is 1.39 bits per heavy atom. The van der Waals surface area contributed by atoms with E-state index in [0.717, 1.165) is 22.5 Å². The smallest absolute Gasteiger partial charge is 0.0886 e. The van der Waals surface area contributed by atoms with E-state index in [-0.39, 0.29) is 10.8 Å². The maximum absolute atomic E-state index is 4.88. The van der Waals surface area contributed by atoms with Crippen LogP contribution in [0.2, 0.25) is 0 Å². The molecule has 11 rings (SSSR count). The normalized spacial score (nSPS) is 14.4. The summed E-state index contributed by atoms with van der Waals surface area (Å²) in [6, 6.07) is 58.4. The highest BCUT2D eigenvalue weighted by Gasteiger charge is 2.37. The van der Waals surface area contributed by atoms with Crippen LogP contribution in [-0.4, -0.2) is 9.97 Å². The highest BCUT2D eigenvalue weighted by molar-refractivity contribution is 6.22. The van der Waals surface area contributed by atoms with Gasteiger partial charge in [0.25, 0.3) is 0 Å². The maximum atomic E-state index is 4.88. The third-order valence-corrected chi connectivity index (χ3v) is 12.8. The summed E-state index contributed by atoms with van der Waals surface area (Å²) >= 11 is 0. The summed E-state index contributed by atoms with van der Waals surface area (Å²) in [6.07, 6.45) is 3.81. The summed E-state index contributed by atoms with van der Waals surface area (Å²) in [5.41, 5.74) is 19.7. The first-order chi connectivity index (χ1) is 27.3. The first-order valence-electron chi connectivity index (χ1n) is 19.6. The first kappa shape index (κ1) is 32.8. The van der Waals surface area contributed by atoms with Gasteiger partial charge in [-0.1, -0.05) is 149 Å². The van der Waals surface area contributed by atoms with Crippen LogP contribution in [0.4, 0.5) is 0 Å². The maximum Gasteiger partial charge on any atom is 0.0886 e. The fourth-order valence-corrected chi connectivity index (χ4v) is 9.93. The van der Waals surface area contributed by atoms with Crippen molar-refractivity contribution < 1.29 is 0 Å². The molecule has 2 heterocycles. The topological polar surface area (TPSA) is 25.8 Å². The van der Waals surface area contributed by atoms with Gasteiger partial charge in [-0.3, -0.25) is 9.97 Å². The van der Waals surface area contributed by atoms with Crippen LogP contribution in [-0.2, 0) is 10.8 Å². The lowest BCUT2D eigenvalue weighted by atomic mass is 9.79. The molecule has 2 aliphatic carbocycles. The predicted molar refractivity (Wildman–Crippen MR) is 234 cm³/mol. The summed E-state index contributed by atoms with van der Waals surface area (Å²) in [5.74, 6) is 0. The molecule has 0 radical (unpaired) electrons. The third-order valence-electron chi connectivity index (χ3n) is 12.8. The van der Waals surface area contributed by atoms with E-state index in [1.165, 1.54) is 88.3 Å². The van der Waals surface area contributed by atoms with E-state index in [1.54, 1.807) is 0 Å². The van der Waals surface area contributed by atoms with Crippen LogP contribution in [0.25, 0.3) is 88.6 Å². The van der Waals surface area contributed by atoms with E-state index < -0.39 is 0 Å². The van der Waals surface area contributed by atoms with E-state index in [1.807, 2.05) is 30.6 Å². The van der Waals surface area contributed by atoms with Gasteiger partial charge in [-0.2, -0.15) is 0 Å². The molecule has 2 aromatic heterocycles. The molecule has 2 aliphatic rings. The van der Waals surface area contributed by atoms with Crippen LogP contribution in [0, 0.1) is 0 Å². The molecule has 9 aromatic rings. The predicted octanol–water partition coefficient (Wildman–Crippen LogP) is 14.1. The van der Waals surface area contributed by atoms with E-state index in [0.29, 0.717) is 0 Å². The van der Waals surface area contributed by atoms with Crippen LogP contribution in [0.15, 0.2) is 170 Å². The molecule has 2 heteroatoms. The second kappa shape index (κ2) is 11.9. The highest BCUT2D eigenvalue weighted by atomic mass is 14.8. The van der Waals surface area contributed by atoms with Gasteiger partial charge < -0.3 is 0 Å². The van der Waals surface area contributed by atoms with E-state index in [2.05, 4.69) is 172 Å². The molecular weight excluding hydrogens is 677 g/mol. The van der Waals surface area contributed by atoms with Crippen LogP contribution in [0.1, 0.15) is 49.9 Å². The molecule has 0 N–H and O–H groups in total. The highest BCUT2D eigenvalue weighted by Crippen LogP contribution is 2.53. The second-order valence-electron chi connectivity index (χ2n) is 16.6. The van der Waals surface area contributed by atoms with Gasteiger partial charge in [-0.05, 0) is 130 Å². The monoisotopic (exact) mass is 716 g/mol. The summed E-state index contributed by atoms with van der Waals surface area (Å²) < 4.78 is 0. The fraction of sp³-hybridized carbons (Fsp3) is 0.111. The molecule has 56 heavy (non-hydrogen) atoms. The zero-order chi connectivity index (χ0) is 37.8. The lowest BCUT2D eigenvalue weighted by molar-refractivity contribution is 0.660. The van der Waals surface area contributed by atoms with Crippen molar-refractivity contribution in [3.8, 4) is 67.0 Å². The number of rotatable bonds is 4. The van der Waals surface area contributed by atoms with Gasteiger partial charge in [0, 0.05) is 28.8 Å². The minimum absolute atomic E-state index is 0.0934. The average Bonchev–Trinajstić information content (AvgIpc) is 3.61. The SMILES string of the molecule is CC1(C)c2ccccc2-c2ccc(-c3c4ccccc4c(-c4ccc5c(c4)C(C)(C)c4ccccc4-5)c4cc(-c5ccc(-c6ccccn6)nc5)ccc34)cc21. The number of aromatic nitrogens is 2. The lowest BCUT2D eigenvalue weighted by Crippen LogP contribution is -2.15.